The molecule has 0 aromatic heterocycles. The SMILES string of the molecule is CCCOCC(CC)(COCCOCc1ccccc1)COCCOCc1ccccc1. The van der Waals surface area contributed by atoms with Crippen LogP contribution in [-0.4, -0.2) is 52.9 Å². The summed E-state index contributed by atoms with van der Waals surface area (Å²) in [4.78, 5) is 0. The molecule has 0 saturated heterocycles. The molecule has 32 heavy (non-hydrogen) atoms. The molecule has 0 N–H and O–H groups in total. The zero-order chi connectivity index (χ0) is 22.7. The lowest BCUT2D eigenvalue weighted by molar-refractivity contribution is -0.0851. The maximum absolute atomic E-state index is 5.98. The Bertz CT molecular complexity index is 625. The van der Waals surface area contributed by atoms with E-state index in [0.29, 0.717) is 59.5 Å². The van der Waals surface area contributed by atoms with Crippen molar-refractivity contribution in [2.75, 3.05) is 52.9 Å². The van der Waals surface area contributed by atoms with Crippen LogP contribution in [0.25, 0.3) is 0 Å². The normalized spacial score (nSPS) is 11.7. The van der Waals surface area contributed by atoms with Crippen molar-refractivity contribution in [1.29, 1.82) is 0 Å². The highest BCUT2D eigenvalue weighted by Crippen LogP contribution is 2.24. The van der Waals surface area contributed by atoms with Crippen LogP contribution in [0, 0.1) is 5.41 Å². The van der Waals surface area contributed by atoms with E-state index in [4.69, 9.17) is 23.7 Å². The molecule has 0 fully saturated rings. The molecular weight excluding hydrogens is 404 g/mol. The van der Waals surface area contributed by atoms with Gasteiger partial charge in [-0.1, -0.05) is 74.5 Å². The van der Waals surface area contributed by atoms with Crippen molar-refractivity contribution in [2.45, 2.75) is 39.9 Å². The molecular formula is C27H40O5. The smallest absolute Gasteiger partial charge is 0.0718 e. The van der Waals surface area contributed by atoms with Crippen LogP contribution in [0.3, 0.4) is 0 Å². The fourth-order valence-corrected chi connectivity index (χ4v) is 3.21. The molecule has 0 aliphatic carbocycles. The average Bonchev–Trinajstić information content (AvgIpc) is 2.84. The Morgan fingerprint density at radius 1 is 0.531 bits per heavy atom. The third kappa shape index (κ3) is 11.2. The molecule has 0 spiro atoms. The van der Waals surface area contributed by atoms with Crippen molar-refractivity contribution in [3.63, 3.8) is 0 Å². The standard InChI is InChI=1S/C27H40O5/c1-3-15-30-22-27(4-2,23-31-18-16-28-20-25-11-7-5-8-12-25)24-32-19-17-29-21-26-13-9-6-10-14-26/h5-14H,3-4,15-24H2,1-2H3. The molecule has 0 bridgehead atoms. The fourth-order valence-electron chi connectivity index (χ4n) is 3.21. The van der Waals surface area contributed by atoms with Crippen molar-refractivity contribution in [2.24, 2.45) is 5.41 Å². The Labute approximate surface area is 194 Å². The monoisotopic (exact) mass is 444 g/mol. The Morgan fingerprint density at radius 2 is 0.938 bits per heavy atom. The van der Waals surface area contributed by atoms with Gasteiger partial charge in [-0.3, -0.25) is 0 Å². The molecule has 2 aromatic carbocycles. The number of rotatable bonds is 19. The summed E-state index contributed by atoms with van der Waals surface area (Å²) in [6.45, 7) is 10.3. The van der Waals surface area contributed by atoms with Crippen LogP contribution in [0.15, 0.2) is 60.7 Å². The van der Waals surface area contributed by atoms with E-state index < -0.39 is 0 Å². The summed E-state index contributed by atoms with van der Waals surface area (Å²) in [6.07, 6.45) is 1.93. The Morgan fingerprint density at radius 3 is 1.34 bits per heavy atom. The maximum atomic E-state index is 5.98. The first-order chi connectivity index (χ1) is 15.8. The van der Waals surface area contributed by atoms with Gasteiger partial charge >= 0.3 is 0 Å². The number of ether oxygens (including phenoxy) is 5. The van der Waals surface area contributed by atoms with E-state index >= 15 is 0 Å². The van der Waals surface area contributed by atoms with Gasteiger partial charge in [-0.2, -0.15) is 0 Å². The van der Waals surface area contributed by atoms with Gasteiger partial charge in [0.05, 0.1) is 59.5 Å². The zero-order valence-corrected chi connectivity index (χ0v) is 19.8. The highest BCUT2D eigenvalue weighted by atomic mass is 16.5. The van der Waals surface area contributed by atoms with Gasteiger partial charge in [-0.25, -0.2) is 0 Å². The van der Waals surface area contributed by atoms with Crippen molar-refractivity contribution >= 4 is 0 Å². The molecule has 0 aliphatic heterocycles. The minimum Gasteiger partial charge on any atom is -0.381 e. The lowest BCUT2D eigenvalue weighted by atomic mass is 9.88. The van der Waals surface area contributed by atoms with Crippen LogP contribution in [-0.2, 0) is 36.9 Å². The van der Waals surface area contributed by atoms with Crippen LogP contribution < -0.4 is 0 Å². The van der Waals surface area contributed by atoms with E-state index in [9.17, 15) is 0 Å². The van der Waals surface area contributed by atoms with Crippen molar-refractivity contribution in [3.05, 3.63) is 71.8 Å². The molecule has 0 heterocycles. The third-order valence-corrected chi connectivity index (χ3v) is 5.29. The van der Waals surface area contributed by atoms with Crippen LogP contribution in [0.2, 0.25) is 0 Å². The first kappa shape index (κ1) is 26.5. The summed E-state index contributed by atoms with van der Waals surface area (Å²) in [6, 6.07) is 20.4. The van der Waals surface area contributed by atoms with E-state index in [1.165, 1.54) is 11.1 Å². The van der Waals surface area contributed by atoms with Crippen LogP contribution in [0.1, 0.15) is 37.8 Å². The number of hydrogen-bond donors (Lipinski definition) is 0. The molecule has 0 atom stereocenters. The molecule has 0 unspecified atom stereocenters. The average molecular weight is 445 g/mol. The van der Waals surface area contributed by atoms with E-state index in [1.54, 1.807) is 0 Å². The Balaban J connectivity index is 1.65. The predicted octanol–water partition coefficient (Wildman–Crippen LogP) is 5.28. The van der Waals surface area contributed by atoms with Crippen LogP contribution in [0.5, 0.6) is 0 Å². The van der Waals surface area contributed by atoms with E-state index in [0.717, 1.165) is 19.4 Å². The van der Waals surface area contributed by atoms with Gasteiger partial charge in [0.1, 0.15) is 0 Å². The molecule has 2 aromatic rings. The largest absolute Gasteiger partial charge is 0.381 e. The maximum Gasteiger partial charge on any atom is 0.0718 e. The van der Waals surface area contributed by atoms with Gasteiger partial charge < -0.3 is 23.7 Å². The van der Waals surface area contributed by atoms with Gasteiger partial charge in [0, 0.05) is 12.0 Å². The molecule has 0 radical (unpaired) electrons. The minimum absolute atomic E-state index is 0.159. The Hall–Kier alpha value is -1.76. The summed E-state index contributed by atoms with van der Waals surface area (Å²) in [7, 11) is 0. The van der Waals surface area contributed by atoms with Crippen LogP contribution in [0.4, 0.5) is 0 Å². The van der Waals surface area contributed by atoms with Crippen molar-refractivity contribution in [1.82, 2.24) is 0 Å². The van der Waals surface area contributed by atoms with Gasteiger partial charge in [-0.15, -0.1) is 0 Å². The second kappa shape index (κ2) is 16.8. The first-order valence-electron chi connectivity index (χ1n) is 11.7. The molecule has 0 saturated carbocycles. The van der Waals surface area contributed by atoms with Gasteiger partial charge in [-0.05, 0) is 24.0 Å². The van der Waals surface area contributed by atoms with E-state index in [-0.39, 0.29) is 5.41 Å². The second-order valence-electron chi connectivity index (χ2n) is 8.09. The summed E-state index contributed by atoms with van der Waals surface area (Å²) >= 11 is 0. The third-order valence-electron chi connectivity index (χ3n) is 5.29. The number of benzene rings is 2. The Kier molecular flexibility index (Phi) is 13.9. The van der Waals surface area contributed by atoms with Crippen molar-refractivity contribution in [3.8, 4) is 0 Å². The van der Waals surface area contributed by atoms with Gasteiger partial charge in [0.2, 0.25) is 0 Å². The van der Waals surface area contributed by atoms with E-state index in [1.807, 2.05) is 36.4 Å². The zero-order valence-electron chi connectivity index (χ0n) is 19.8. The molecule has 2 rings (SSSR count). The van der Waals surface area contributed by atoms with Gasteiger partial charge in [0.15, 0.2) is 0 Å². The fraction of sp³-hybridized carbons (Fsp3) is 0.556. The topological polar surface area (TPSA) is 46.2 Å². The quantitative estimate of drug-likeness (QED) is 0.276. The summed E-state index contributed by atoms with van der Waals surface area (Å²) in [5, 5.41) is 0. The summed E-state index contributed by atoms with van der Waals surface area (Å²) in [5.41, 5.74) is 2.19. The summed E-state index contributed by atoms with van der Waals surface area (Å²) in [5.74, 6) is 0. The van der Waals surface area contributed by atoms with Gasteiger partial charge in [0.25, 0.3) is 0 Å². The van der Waals surface area contributed by atoms with Crippen molar-refractivity contribution < 1.29 is 23.7 Å². The first-order valence-corrected chi connectivity index (χ1v) is 11.7. The second-order valence-corrected chi connectivity index (χ2v) is 8.09. The molecule has 5 heteroatoms. The lowest BCUT2D eigenvalue weighted by Crippen LogP contribution is -2.37. The predicted molar refractivity (Wildman–Crippen MR) is 128 cm³/mol. The lowest BCUT2D eigenvalue weighted by Gasteiger charge is -2.32. The highest BCUT2D eigenvalue weighted by molar-refractivity contribution is 5.14. The molecule has 0 aliphatic rings. The molecule has 5 nitrogen and oxygen atoms in total. The highest BCUT2D eigenvalue weighted by Gasteiger charge is 2.29. The number of hydrogen-bond acceptors (Lipinski definition) is 5. The molecule has 178 valence electrons. The van der Waals surface area contributed by atoms with E-state index in [2.05, 4.69) is 38.1 Å². The van der Waals surface area contributed by atoms with Crippen LogP contribution >= 0.6 is 0 Å². The summed E-state index contributed by atoms with van der Waals surface area (Å²) < 4.78 is 29.3. The minimum atomic E-state index is -0.159. The molecule has 0 amide bonds.